The molecule has 0 aromatic carbocycles. The molecule has 6 heteroatoms. The molecule has 0 aromatic heterocycles. The maximum absolute atomic E-state index is 12.7. The van der Waals surface area contributed by atoms with Gasteiger partial charge in [-0.1, -0.05) is 281 Å². The molecule has 70 heavy (non-hydrogen) atoms. The van der Waals surface area contributed by atoms with E-state index in [4.69, 9.17) is 14.2 Å². The van der Waals surface area contributed by atoms with Crippen molar-refractivity contribution in [1.82, 2.24) is 0 Å². The summed E-state index contributed by atoms with van der Waals surface area (Å²) in [6.07, 6.45) is 74.3. The summed E-state index contributed by atoms with van der Waals surface area (Å²) in [5.41, 5.74) is 0. The van der Waals surface area contributed by atoms with E-state index >= 15 is 0 Å². The summed E-state index contributed by atoms with van der Waals surface area (Å²) >= 11 is 0. The predicted octanol–water partition coefficient (Wildman–Crippen LogP) is 20.4. The van der Waals surface area contributed by atoms with Crippen molar-refractivity contribution in [2.75, 3.05) is 13.2 Å². The Labute approximate surface area is 434 Å². The quantitative estimate of drug-likeness (QED) is 0.0261. The van der Waals surface area contributed by atoms with Gasteiger partial charge in [0.2, 0.25) is 0 Å². The third kappa shape index (κ3) is 56.0. The van der Waals surface area contributed by atoms with Gasteiger partial charge in [0.05, 0.1) is 0 Å². The first-order valence-corrected chi connectivity index (χ1v) is 30.3. The van der Waals surface area contributed by atoms with Crippen molar-refractivity contribution in [3.05, 3.63) is 60.8 Å². The van der Waals surface area contributed by atoms with Crippen molar-refractivity contribution in [3.8, 4) is 0 Å². The van der Waals surface area contributed by atoms with E-state index in [2.05, 4.69) is 69.4 Å². The van der Waals surface area contributed by atoms with Crippen LogP contribution in [0.2, 0.25) is 0 Å². The summed E-state index contributed by atoms with van der Waals surface area (Å²) in [7, 11) is 0. The number of hydrogen-bond acceptors (Lipinski definition) is 6. The lowest BCUT2D eigenvalue weighted by atomic mass is 10.0. The lowest BCUT2D eigenvalue weighted by Gasteiger charge is -2.18. The number of hydrogen-bond donors (Lipinski definition) is 0. The van der Waals surface area contributed by atoms with Crippen LogP contribution in [0.15, 0.2) is 60.8 Å². The summed E-state index contributed by atoms with van der Waals surface area (Å²) in [4.78, 5) is 37.9. The molecule has 0 aliphatic heterocycles. The van der Waals surface area contributed by atoms with E-state index in [0.717, 1.165) is 64.2 Å². The molecule has 0 bridgehead atoms. The molecule has 0 heterocycles. The van der Waals surface area contributed by atoms with E-state index in [1.807, 2.05) is 12.2 Å². The van der Waals surface area contributed by atoms with Crippen LogP contribution in [0.4, 0.5) is 0 Å². The summed E-state index contributed by atoms with van der Waals surface area (Å²) < 4.78 is 16.7. The smallest absolute Gasteiger partial charge is 0.306 e. The molecule has 0 saturated carbocycles. The molecule has 406 valence electrons. The Morgan fingerprint density at radius 3 is 0.929 bits per heavy atom. The zero-order chi connectivity index (χ0) is 50.7. The lowest BCUT2D eigenvalue weighted by molar-refractivity contribution is -0.166. The Bertz CT molecular complexity index is 1260. The van der Waals surface area contributed by atoms with E-state index in [1.165, 1.54) is 199 Å². The maximum atomic E-state index is 12.7. The molecular formula is C64H114O6. The molecule has 0 spiro atoms. The fourth-order valence-electron chi connectivity index (χ4n) is 8.75. The van der Waals surface area contributed by atoms with Crippen LogP contribution in [-0.2, 0) is 28.6 Å². The van der Waals surface area contributed by atoms with Gasteiger partial charge in [0.15, 0.2) is 6.10 Å². The Balaban J connectivity index is 4.04. The van der Waals surface area contributed by atoms with E-state index in [0.29, 0.717) is 19.3 Å². The van der Waals surface area contributed by atoms with Crippen LogP contribution in [0.1, 0.15) is 310 Å². The van der Waals surface area contributed by atoms with Gasteiger partial charge in [0.25, 0.3) is 0 Å². The van der Waals surface area contributed by atoms with Crippen LogP contribution in [0, 0.1) is 0 Å². The third-order valence-electron chi connectivity index (χ3n) is 13.3. The number of ether oxygens (including phenoxy) is 3. The Morgan fingerprint density at radius 1 is 0.300 bits per heavy atom. The SMILES string of the molecule is CC/C=C\C/C=C\C/C=C\C/C=C\CCC(=O)OC(COC(=O)CCCCCCCCCC)COC(=O)CCCCCCCCCCCCCCCCCCCCC/C=C\CCCCCCCCCC. The molecule has 0 N–H and O–H groups in total. The molecule has 0 aromatic rings. The number of carbonyl (C=O) groups excluding carboxylic acids is 3. The van der Waals surface area contributed by atoms with Gasteiger partial charge in [-0.25, -0.2) is 0 Å². The summed E-state index contributed by atoms with van der Waals surface area (Å²) in [6.45, 7) is 6.45. The maximum Gasteiger partial charge on any atom is 0.306 e. The van der Waals surface area contributed by atoms with Gasteiger partial charge in [-0.15, -0.1) is 0 Å². The standard InChI is InChI=1S/C64H114O6/c1-4-7-10-13-16-19-21-23-24-25-26-27-28-29-30-31-32-33-34-35-36-37-38-39-40-42-43-45-48-51-54-57-63(66)69-60-61(59-68-62(65)56-53-50-47-18-15-12-9-6-3)70-64(67)58-55-52-49-46-44-41-22-20-17-14-11-8-5-2/h8,11,17,20,25-26,41,44,49,52,61H,4-7,9-10,12-16,18-19,21-24,27-40,42-43,45-48,50-51,53-60H2,1-3H3/b11-8-,20-17-,26-25-,44-41-,52-49-. The van der Waals surface area contributed by atoms with Crippen LogP contribution in [0.3, 0.4) is 0 Å². The number of rotatable bonds is 55. The van der Waals surface area contributed by atoms with Crippen LogP contribution >= 0.6 is 0 Å². The molecular weight excluding hydrogens is 865 g/mol. The highest BCUT2D eigenvalue weighted by Gasteiger charge is 2.19. The third-order valence-corrected chi connectivity index (χ3v) is 13.3. The fourth-order valence-corrected chi connectivity index (χ4v) is 8.75. The molecule has 0 saturated heterocycles. The monoisotopic (exact) mass is 979 g/mol. The Morgan fingerprint density at radius 2 is 0.586 bits per heavy atom. The molecule has 0 rings (SSSR count). The highest BCUT2D eigenvalue weighted by atomic mass is 16.6. The van der Waals surface area contributed by atoms with Gasteiger partial charge >= 0.3 is 17.9 Å². The van der Waals surface area contributed by atoms with E-state index in [-0.39, 0.29) is 37.5 Å². The minimum absolute atomic E-state index is 0.0996. The van der Waals surface area contributed by atoms with E-state index < -0.39 is 6.10 Å². The predicted molar refractivity (Wildman–Crippen MR) is 302 cm³/mol. The minimum Gasteiger partial charge on any atom is -0.462 e. The number of allylic oxidation sites excluding steroid dienone is 10. The van der Waals surface area contributed by atoms with Gasteiger partial charge in [0, 0.05) is 19.3 Å². The first-order chi connectivity index (χ1) is 34.5. The van der Waals surface area contributed by atoms with Gasteiger partial charge < -0.3 is 14.2 Å². The first kappa shape index (κ1) is 67.1. The average molecular weight is 980 g/mol. The van der Waals surface area contributed by atoms with Crippen molar-refractivity contribution in [3.63, 3.8) is 0 Å². The average Bonchev–Trinajstić information content (AvgIpc) is 3.36. The fraction of sp³-hybridized carbons (Fsp3) is 0.797. The molecule has 1 unspecified atom stereocenters. The summed E-state index contributed by atoms with van der Waals surface area (Å²) in [6, 6.07) is 0. The second-order valence-corrected chi connectivity index (χ2v) is 20.2. The highest BCUT2D eigenvalue weighted by molar-refractivity contribution is 5.71. The van der Waals surface area contributed by atoms with E-state index in [9.17, 15) is 14.4 Å². The second-order valence-electron chi connectivity index (χ2n) is 20.2. The van der Waals surface area contributed by atoms with Crippen LogP contribution in [0.5, 0.6) is 0 Å². The molecule has 0 radical (unpaired) electrons. The van der Waals surface area contributed by atoms with Gasteiger partial charge in [-0.3, -0.25) is 14.4 Å². The molecule has 6 nitrogen and oxygen atoms in total. The van der Waals surface area contributed by atoms with E-state index in [1.54, 1.807) is 0 Å². The highest BCUT2D eigenvalue weighted by Crippen LogP contribution is 2.17. The lowest BCUT2D eigenvalue weighted by Crippen LogP contribution is -2.30. The molecule has 0 amide bonds. The summed E-state index contributed by atoms with van der Waals surface area (Å²) in [5.74, 6) is -0.977. The molecule has 0 fully saturated rings. The van der Waals surface area contributed by atoms with Gasteiger partial charge in [-0.2, -0.15) is 0 Å². The number of esters is 3. The van der Waals surface area contributed by atoms with Crippen molar-refractivity contribution in [2.24, 2.45) is 0 Å². The Kier molecular flexibility index (Phi) is 56.3. The number of carbonyl (C=O) groups is 3. The van der Waals surface area contributed by atoms with Gasteiger partial charge in [-0.05, 0) is 70.6 Å². The first-order valence-electron chi connectivity index (χ1n) is 30.3. The van der Waals surface area contributed by atoms with Crippen LogP contribution < -0.4 is 0 Å². The minimum atomic E-state index is -0.807. The number of unbranched alkanes of at least 4 members (excludes halogenated alkanes) is 34. The van der Waals surface area contributed by atoms with Crippen molar-refractivity contribution in [1.29, 1.82) is 0 Å². The molecule has 0 aliphatic carbocycles. The molecule has 1 atom stereocenters. The van der Waals surface area contributed by atoms with Crippen molar-refractivity contribution < 1.29 is 28.6 Å². The normalized spacial score (nSPS) is 12.4. The van der Waals surface area contributed by atoms with Gasteiger partial charge in [0.1, 0.15) is 13.2 Å². The Hall–Kier alpha value is -2.89. The topological polar surface area (TPSA) is 78.9 Å². The zero-order valence-electron chi connectivity index (χ0n) is 46.5. The largest absolute Gasteiger partial charge is 0.462 e. The molecule has 0 aliphatic rings. The van der Waals surface area contributed by atoms with Crippen LogP contribution in [0.25, 0.3) is 0 Å². The summed E-state index contributed by atoms with van der Waals surface area (Å²) in [5, 5.41) is 0. The van der Waals surface area contributed by atoms with Crippen molar-refractivity contribution in [2.45, 2.75) is 316 Å². The van der Waals surface area contributed by atoms with Crippen molar-refractivity contribution >= 4 is 17.9 Å². The van der Waals surface area contributed by atoms with Crippen LogP contribution in [-0.4, -0.2) is 37.2 Å². The second kappa shape index (κ2) is 58.7. The zero-order valence-corrected chi connectivity index (χ0v) is 46.5.